The zero-order valence-electron chi connectivity index (χ0n) is 8.22. The number of aliphatic hydroxyl groups is 1. The van der Waals surface area contributed by atoms with Crippen LogP contribution in [0.3, 0.4) is 0 Å². The first-order valence-corrected chi connectivity index (χ1v) is 4.69. The van der Waals surface area contributed by atoms with E-state index in [9.17, 15) is 0 Å². The first-order chi connectivity index (χ1) is 6.76. The van der Waals surface area contributed by atoms with Gasteiger partial charge in [-0.2, -0.15) is 0 Å². The largest absolute Gasteiger partial charge is 0.508 e. The van der Waals surface area contributed by atoms with Crippen LogP contribution in [-0.4, -0.2) is 29.1 Å². The van der Waals surface area contributed by atoms with Crippen LogP contribution in [0.15, 0.2) is 29.3 Å². The van der Waals surface area contributed by atoms with Gasteiger partial charge in [0.1, 0.15) is 5.75 Å². The van der Waals surface area contributed by atoms with Crippen molar-refractivity contribution in [3.8, 4) is 5.75 Å². The molecule has 1 aromatic rings. The van der Waals surface area contributed by atoms with Crippen molar-refractivity contribution in [3.05, 3.63) is 29.8 Å². The average Bonchev–Trinajstić information content (AvgIpc) is 2.22. The number of hydrogen-bond acceptors (Lipinski definition) is 3. The lowest BCUT2D eigenvalue weighted by Crippen LogP contribution is -2.08. The fourth-order valence-electron chi connectivity index (χ4n) is 1.03. The Kier molecular flexibility index (Phi) is 4.13. The van der Waals surface area contributed by atoms with E-state index < -0.39 is 0 Å². The summed E-state index contributed by atoms with van der Waals surface area (Å²) in [6.45, 7) is 2.06. The fraction of sp³-hybridized carbons (Fsp3) is 0.364. The van der Waals surface area contributed by atoms with Crippen LogP contribution in [0.2, 0.25) is 0 Å². The van der Waals surface area contributed by atoms with Gasteiger partial charge >= 0.3 is 0 Å². The van der Waals surface area contributed by atoms with Crippen molar-refractivity contribution in [2.45, 2.75) is 19.4 Å². The van der Waals surface area contributed by atoms with Gasteiger partial charge in [-0.05, 0) is 36.2 Å². The van der Waals surface area contributed by atoms with Crippen molar-refractivity contribution < 1.29 is 10.2 Å². The lowest BCUT2D eigenvalue weighted by atomic mass is 10.2. The minimum atomic E-state index is -0.0243. The number of aromatic hydroxyl groups is 1. The Morgan fingerprint density at radius 3 is 2.50 bits per heavy atom. The number of benzene rings is 1. The van der Waals surface area contributed by atoms with E-state index in [1.54, 1.807) is 30.5 Å². The highest BCUT2D eigenvalue weighted by atomic mass is 16.3. The molecule has 0 heterocycles. The van der Waals surface area contributed by atoms with Crippen LogP contribution in [0.1, 0.15) is 18.9 Å². The molecule has 76 valence electrons. The van der Waals surface area contributed by atoms with E-state index in [1.165, 1.54) is 0 Å². The summed E-state index contributed by atoms with van der Waals surface area (Å²) in [6, 6.07) is 6.76. The molecule has 3 nitrogen and oxygen atoms in total. The Hall–Kier alpha value is -1.35. The normalized spacial score (nSPS) is 13.3. The van der Waals surface area contributed by atoms with Crippen molar-refractivity contribution in [2.24, 2.45) is 4.99 Å². The molecular formula is C11H15NO2. The quantitative estimate of drug-likeness (QED) is 0.713. The SMILES string of the molecule is CCC(CO)N=Cc1ccc(O)cc1. The number of aliphatic hydroxyl groups excluding tert-OH is 1. The van der Waals surface area contributed by atoms with Crippen LogP contribution < -0.4 is 0 Å². The number of aliphatic imine (C=N–C) groups is 1. The monoisotopic (exact) mass is 193 g/mol. The second-order valence-electron chi connectivity index (χ2n) is 3.11. The summed E-state index contributed by atoms with van der Waals surface area (Å²) in [6.07, 6.45) is 2.54. The number of nitrogens with zero attached hydrogens (tertiary/aromatic N) is 1. The second kappa shape index (κ2) is 5.40. The zero-order valence-corrected chi connectivity index (χ0v) is 8.22. The lowest BCUT2D eigenvalue weighted by Gasteiger charge is -2.03. The van der Waals surface area contributed by atoms with Gasteiger partial charge in [-0.15, -0.1) is 0 Å². The summed E-state index contributed by atoms with van der Waals surface area (Å²) < 4.78 is 0. The van der Waals surface area contributed by atoms with Crippen molar-refractivity contribution in [1.82, 2.24) is 0 Å². The first-order valence-electron chi connectivity index (χ1n) is 4.69. The summed E-state index contributed by atoms with van der Waals surface area (Å²) in [4.78, 5) is 4.20. The summed E-state index contributed by atoms with van der Waals surface area (Å²) >= 11 is 0. The minimum absolute atomic E-state index is 0.0243. The number of phenols is 1. The molecule has 0 aliphatic rings. The Labute approximate surface area is 83.7 Å². The molecule has 14 heavy (non-hydrogen) atoms. The molecule has 0 radical (unpaired) electrons. The Balaban J connectivity index is 2.63. The van der Waals surface area contributed by atoms with Crippen LogP contribution in [0.5, 0.6) is 5.75 Å². The van der Waals surface area contributed by atoms with Crippen molar-refractivity contribution in [2.75, 3.05) is 6.61 Å². The molecule has 0 aliphatic heterocycles. The first kappa shape index (κ1) is 10.7. The van der Waals surface area contributed by atoms with Gasteiger partial charge in [0.05, 0.1) is 12.6 Å². The van der Waals surface area contributed by atoms with E-state index in [2.05, 4.69) is 4.99 Å². The molecule has 0 fully saturated rings. The molecule has 1 rings (SSSR count). The van der Waals surface area contributed by atoms with E-state index in [0.717, 1.165) is 12.0 Å². The van der Waals surface area contributed by atoms with Crippen LogP contribution in [0.4, 0.5) is 0 Å². The smallest absolute Gasteiger partial charge is 0.115 e. The molecule has 1 aromatic carbocycles. The van der Waals surface area contributed by atoms with Gasteiger partial charge in [-0.25, -0.2) is 0 Å². The summed E-state index contributed by atoms with van der Waals surface area (Å²) in [5, 5.41) is 17.9. The molecule has 0 aliphatic carbocycles. The highest BCUT2D eigenvalue weighted by Gasteiger charge is 1.98. The van der Waals surface area contributed by atoms with Crippen molar-refractivity contribution in [1.29, 1.82) is 0 Å². The molecular weight excluding hydrogens is 178 g/mol. The minimum Gasteiger partial charge on any atom is -0.508 e. The fourth-order valence-corrected chi connectivity index (χ4v) is 1.03. The predicted octanol–water partition coefficient (Wildman–Crippen LogP) is 1.58. The third kappa shape index (κ3) is 3.18. The zero-order chi connectivity index (χ0) is 10.4. The molecule has 1 unspecified atom stereocenters. The molecule has 0 aromatic heterocycles. The van der Waals surface area contributed by atoms with E-state index in [4.69, 9.17) is 10.2 Å². The number of phenolic OH excluding ortho intramolecular Hbond substituents is 1. The Bertz CT molecular complexity index is 289. The maximum Gasteiger partial charge on any atom is 0.115 e. The molecule has 0 bridgehead atoms. The highest BCUT2D eigenvalue weighted by molar-refractivity contribution is 5.79. The Morgan fingerprint density at radius 1 is 1.36 bits per heavy atom. The van der Waals surface area contributed by atoms with Gasteiger partial charge in [0.15, 0.2) is 0 Å². The van der Waals surface area contributed by atoms with E-state index >= 15 is 0 Å². The third-order valence-corrected chi connectivity index (χ3v) is 2.01. The van der Waals surface area contributed by atoms with Gasteiger partial charge < -0.3 is 10.2 Å². The van der Waals surface area contributed by atoms with Crippen LogP contribution in [0.25, 0.3) is 0 Å². The molecule has 0 saturated carbocycles. The van der Waals surface area contributed by atoms with Crippen molar-refractivity contribution in [3.63, 3.8) is 0 Å². The van der Waals surface area contributed by atoms with Gasteiger partial charge in [0.25, 0.3) is 0 Å². The summed E-state index contributed by atoms with van der Waals surface area (Å²) in [7, 11) is 0. The van der Waals surface area contributed by atoms with Crippen LogP contribution in [0, 0.1) is 0 Å². The van der Waals surface area contributed by atoms with Gasteiger partial charge in [0.2, 0.25) is 0 Å². The predicted molar refractivity (Wildman–Crippen MR) is 56.9 cm³/mol. The maximum absolute atomic E-state index is 9.04. The molecule has 0 saturated heterocycles. The topological polar surface area (TPSA) is 52.8 Å². The highest BCUT2D eigenvalue weighted by Crippen LogP contribution is 2.08. The Morgan fingerprint density at radius 2 is 2.00 bits per heavy atom. The van der Waals surface area contributed by atoms with E-state index in [-0.39, 0.29) is 18.4 Å². The number of rotatable bonds is 4. The summed E-state index contributed by atoms with van der Waals surface area (Å²) in [5.41, 5.74) is 0.926. The van der Waals surface area contributed by atoms with Crippen LogP contribution >= 0.6 is 0 Å². The molecule has 0 spiro atoms. The van der Waals surface area contributed by atoms with Crippen molar-refractivity contribution >= 4 is 6.21 Å². The molecule has 0 amide bonds. The van der Waals surface area contributed by atoms with Crippen LogP contribution in [-0.2, 0) is 0 Å². The van der Waals surface area contributed by atoms with Gasteiger partial charge in [0, 0.05) is 6.21 Å². The summed E-state index contributed by atoms with van der Waals surface area (Å²) in [5.74, 6) is 0.247. The maximum atomic E-state index is 9.04. The van der Waals surface area contributed by atoms with E-state index in [1.807, 2.05) is 6.92 Å². The lowest BCUT2D eigenvalue weighted by molar-refractivity contribution is 0.264. The van der Waals surface area contributed by atoms with Gasteiger partial charge in [-0.3, -0.25) is 4.99 Å². The standard InChI is InChI=1S/C11H15NO2/c1-2-10(8-13)12-7-9-3-5-11(14)6-4-9/h3-7,10,13-14H,2,8H2,1H3. The number of hydrogen-bond donors (Lipinski definition) is 2. The molecule has 2 N–H and O–H groups in total. The van der Waals surface area contributed by atoms with E-state index in [0.29, 0.717) is 0 Å². The molecule has 3 heteroatoms. The molecule has 1 atom stereocenters. The second-order valence-corrected chi connectivity index (χ2v) is 3.11. The average molecular weight is 193 g/mol. The third-order valence-electron chi connectivity index (χ3n) is 2.01. The van der Waals surface area contributed by atoms with Gasteiger partial charge in [-0.1, -0.05) is 6.92 Å².